The van der Waals surface area contributed by atoms with Gasteiger partial charge in [-0.25, -0.2) is 4.98 Å². The fraction of sp³-hybridized carbons (Fsp3) is 0.450. The molecular formula is C20H24N4O5. The van der Waals surface area contributed by atoms with Crippen molar-refractivity contribution in [1.29, 1.82) is 0 Å². The van der Waals surface area contributed by atoms with Gasteiger partial charge in [-0.15, -0.1) is 0 Å². The van der Waals surface area contributed by atoms with Gasteiger partial charge in [-0.1, -0.05) is 12.1 Å². The molecule has 1 aromatic heterocycles. The number of esters is 1. The number of nitrogens with one attached hydrogen (secondary N) is 1. The molecule has 0 radical (unpaired) electrons. The number of nitrogens with zero attached hydrogens (tertiary/aromatic N) is 3. The largest absolute Gasteiger partial charge is 0.459 e. The zero-order chi connectivity index (χ0) is 21.2. The van der Waals surface area contributed by atoms with Gasteiger partial charge in [0, 0.05) is 12.1 Å². The second-order valence-corrected chi connectivity index (χ2v) is 8.02. The highest BCUT2D eigenvalue weighted by Crippen LogP contribution is 2.29. The third-order valence-electron chi connectivity index (χ3n) is 4.58. The van der Waals surface area contributed by atoms with E-state index >= 15 is 0 Å². The van der Waals surface area contributed by atoms with Crippen molar-refractivity contribution in [3.05, 3.63) is 50.9 Å². The summed E-state index contributed by atoms with van der Waals surface area (Å²) in [7, 11) is 0. The van der Waals surface area contributed by atoms with Gasteiger partial charge in [0.05, 0.1) is 22.4 Å². The molecular weight excluding hydrogens is 376 g/mol. The van der Waals surface area contributed by atoms with E-state index in [1.807, 2.05) is 0 Å². The van der Waals surface area contributed by atoms with Crippen LogP contribution < -0.4 is 10.9 Å². The first-order chi connectivity index (χ1) is 13.7. The molecule has 2 aromatic rings. The number of nitro groups is 1. The number of benzene rings is 1. The Morgan fingerprint density at radius 2 is 2.03 bits per heavy atom. The fourth-order valence-corrected chi connectivity index (χ4v) is 3.06. The molecule has 3 rings (SSSR count). The molecule has 9 nitrogen and oxygen atoms in total. The van der Waals surface area contributed by atoms with Gasteiger partial charge in [-0.05, 0) is 46.1 Å². The van der Waals surface area contributed by atoms with Crippen LogP contribution in [0.25, 0.3) is 11.3 Å². The maximum absolute atomic E-state index is 13.1. The summed E-state index contributed by atoms with van der Waals surface area (Å²) >= 11 is 0. The minimum atomic E-state index is -0.723. The zero-order valence-electron chi connectivity index (χ0n) is 16.7. The minimum absolute atomic E-state index is 0.126. The van der Waals surface area contributed by atoms with Crippen molar-refractivity contribution >= 4 is 17.5 Å². The smallest absolute Gasteiger partial charge is 0.326 e. The van der Waals surface area contributed by atoms with E-state index in [0.29, 0.717) is 0 Å². The lowest BCUT2D eigenvalue weighted by atomic mass is 9.93. The first-order valence-corrected chi connectivity index (χ1v) is 9.48. The Labute approximate surface area is 167 Å². The van der Waals surface area contributed by atoms with Gasteiger partial charge < -0.3 is 10.1 Å². The van der Waals surface area contributed by atoms with E-state index in [2.05, 4.69) is 10.3 Å². The lowest BCUT2D eigenvalue weighted by Crippen LogP contribution is -2.36. The van der Waals surface area contributed by atoms with E-state index in [-0.39, 0.29) is 35.3 Å². The highest BCUT2D eigenvalue weighted by Gasteiger charge is 2.25. The van der Waals surface area contributed by atoms with Crippen molar-refractivity contribution in [2.75, 3.05) is 5.32 Å². The Morgan fingerprint density at radius 1 is 1.34 bits per heavy atom. The molecule has 9 heteroatoms. The van der Waals surface area contributed by atoms with Crippen molar-refractivity contribution in [1.82, 2.24) is 9.55 Å². The molecule has 1 fully saturated rings. The second-order valence-electron chi connectivity index (χ2n) is 8.02. The molecule has 0 atom stereocenters. The number of hydrogen-bond acceptors (Lipinski definition) is 7. The van der Waals surface area contributed by atoms with Crippen LogP contribution in [0.3, 0.4) is 0 Å². The Bertz CT molecular complexity index is 989. The summed E-state index contributed by atoms with van der Waals surface area (Å²) in [5.41, 5.74) is -1.02. The van der Waals surface area contributed by atoms with Crippen LogP contribution in [0.5, 0.6) is 0 Å². The minimum Gasteiger partial charge on any atom is -0.459 e. The molecule has 1 aliphatic carbocycles. The highest BCUT2D eigenvalue weighted by atomic mass is 16.6. The molecule has 1 heterocycles. The number of para-hydroxylation sites is 1. The summed E-state index contributed by atoms with van der Waals surface area (Å²) in [6, 6.07) is 6.21. The van der Waals surface area contributed by atoms with Crippen LogP contribution in [-0.2, 0) is 16.1 Å². The Kier molecular flexibility index (Phi) is 5.67. The van der Waals surface area contributed by atoms with E-state index in [9.17, 15) is 19.7 Å². The van der Waals surface area contributed by atoms with Crippen molar-refractivity contribution < 1.29 is 14.5 Å². The molecule has 0 aliphatic heterocycles. The van der Waals surface area contributed by atoms with Crippen LogP contribution in [0, 0.1) is 10.1 Å². The molecule has 0 saturated heterocycles. The van der Waals surface area contributed by atoms with Crippen molar-refractivity contribution in [2.45, 2.75) is 58.2 Å². The first kappa shape index (κ1) is 20.5. The summed E-state index contributed by atoms with van der Waals surface area (Å²) in [5, 5.41) is 14.5. The van der Waals surface area contributed by atoms with Crippen LogP contribution in [0.1, 0.15) is 40.0 Å². The first-order valence-electron chi connectivity index (χ1n) is 9.48. The van der Waals surface area contributed by atoms with Gasteiger partial charge in [0.15, 0.2) is 5.82 Å². The van der Waals surface area contributed by atoms with E-state index in [1.54, 1.807) is 26.8 Å². The van der Waals surface area contributed by atoms with E-state index in [1.165, 1.54) is 29.0 Å². The zero-order valence-corrected chi connectivity index (χ0v) is 16.7. The maximum atomic E-state index is 13.1. The third kappa shape index (κ3) is 4.79. The molecule has 29 heavy (non-hydrogen) atoms. The third-order valence-corrected chi connectivity index (χ3v) is 4.58. The van der Waals surface area contributed by atoms with Crippen LogP contribution in [-0.4, -0.2) is 32.1 Å². The number of hydrogen-bond donors (Lipinski definition) is 1. The van der Waals surface area contributed by atoms with Crippen LogP contribution in [0.4, 0.5) is 11.5 Å². The predicted molar refractivity (Wildman–Crippen MR) is 108 cm³/mol. The summed E-state index contributed by atoms with van der Waals surface area (Å²) in [4.78, 5) is 40.6. The van der Waals surface area contributed by atoms with Gasteiger partial charge in [0.25, 0.3) is 11.2 Å². The summed E-state index contributed by atoms with van der Waals surface area (Å²) in [6.45, 7) is 4.81. The van der Waals surface area contributed by atoms with Gasteiger partial charge >= 0.3 is 5.97 Å². The van der Waals surface area contributed by atoms with Gasteiger partial charge in [0.1, 0.15) is 12.1 Å². The SMILES string of the molecule is CC(C)(C)OC(=O)Cn1c(-c2ccccc2[N+](=O)[O-])cnc(NC2CCC2)c1=O. The fourth-order valence-electron chi connectivity index (χ4n) is 3.06. The number of rotatable bonds is 6. The maximum Gasteiger partial charge on any atom is 0.326 e. The summed E-state index contributed by atoms with van der Waals surface area (Å²) in [6.07, 6.45) is 4.35. The molecule has 1 N–H and O–H groups in total. The topological polar surface area (TPSA) is 116 Å². The molecule has 1 saturated carbocycles. The molecule has 0 unspecified atom stereocenters. The van der Waals surface area contributed by atoms with Gasteiger partial charge in [-0.2, -0.15) is 0 Å². The van der Waals surface area contributed by atoms with Crippen molar-refractivity contribution in [3.8, 4) is 11.3 Å². The molecule has 154 valence electrons. The number of carbonyl (C=O) groups excluding carboxylic acids is 1. The summed E-state index contributed by atoms with van der Waals surface area (Å²) in [5.74, 6) is -0.485. The predicted octanol–water partition coefficient (Wildman–Crippen LogP) is 3.12. The Morgan fingerprint density at radius 3 is 2.62 bits per heavy atom. The standard InChI is InChI=1S/C20H24N4O5/c1-20(2,3)29-17(25)12-23-16(14-9-4-5-10-15(14)24(27)28)11-21-18(19(23)26)22-13-7-6-8-13/h4-5,9-11,13H,6-8,12H2,1-3H3,(H,21,22). The highest BCUT2D eigenvalue weighted by molar-refractivity contribution is 5.74. The lowest BCUT2D eigenvalue weighted by Gasteiger charge is -2.27. The van der Waals surface area contributed by atoms with Crippen molar-refractivity contribution in [2.24, 2.45) is 0 Å². The average molecular weight is 400 g/mol. The molecule has 0 spiro atoms. The second kappa shape index (κ2) is 8.02. The molecule has 0 bridgehead atoms. The quantitative estimate of drug-likeness (QED) is 0.450. The van der Waals surface area contributed by atoms with Gasteiger partial charge in [0.2, 0.25) is 0 Å². The van der Waals surface area contributed by atoms with Crippen LogP contribution in [0.2, 0.25) is 0 Å². The number of aromatic nitrogens is 2. The Balaban J connectivity index is 2.07. The van der Waals surface area contributed by atoms with Crippen LogP contribution in [0.15, 0.2) is 35.3 Å². The lowest BCUT2D eigenvalue weighted by molar-refractivity contribution is -0.384. The van der Waals surface area contributed by atoms with E-state index in [4.69, 9.17) is 4.74 Å². The number of anilines is 1. The number of carbonyl (C=O) groups is 1. The molecule has 1 aliphatic rings. The monoisotopic (exact) mass is 400 g/mol. The Hall–Kier alpha value is -3.23. The number of ether oxygens (including phenoxy) is 1. The normalized spacial score (nSPS) is 14.2. The van der Waals surface area contributed by atoms with Crippen molar-refractivity contribution in [3.63, 3.8) is 0 Å². The van der Waals surface area contributed by atoms with Gasteiger partial charge in [-0.3, -0.25) is 24.3 Å². The average Bonchev–Trinajstić information content (AvgIpc) is 2.59. The molecule has 1 aromatic carbocycles. The summed E-state index contributed by atoms with van der Waals surface area (Å²) < 4.78 is 6.53. The number of nitro benzene ring substituents is 1. The van der Waals surface area contributed by atoms with E-state index < -0.39 is 22.1 Å². The molecule has 0 amide bonds. The van der Waals surface area contributed by atoms with E-state index in [0.717, 1.165) is 19.3 Å². The van der Waals surface area contributed by atoms with Crippen LogP contribution >= 0.6 is 0 Å².